The Kier molecular flexibility index (Phi) is 4.14. The smallest absolute Gasteiger partial charge is 0.426 e. The van der Waals surface area contributed by atoms with Gasteiger partial charge in [0.15, 0.2) is 5.57 Å². The van der Waals surface area contributed by atoms with Crippen molar-refractivity contribution in [3.63, 3.8) is 0 Å². The van der Waals surface area contributed by atoms with Crippen molar-refractivity contribution in [2.45, 2.75) is 12.8 Å². The number of hydrogen-bond donors (Lipinski definition) is 1. The fourth-order valence-corrected chi connectivity index (χ4v) is 1.04. The van der Waals surface area contributed by atoms with Crippen LogP contribution in [0, 0.1) is 0 Å². The van der Waals surface area contributed by atoms with Crippen LogP contribution < -0.4 is 0 Å². The van der Waals surface area contributed by atoms with Crippen molar-refractivity contribution in [3.05, 3.63) is 47.7 Å². The summed E-state index contributed by atoms with van der Waals surface area (Å²) in [5, 5.41) is 8.35. The molecule has 0 aromatic heterocycles. The first kappa shape index (κ1) is 13.1. The van der Waals surface area contributed by atoms with Gasteiger partial charge in [0.25, 0.3) is 0 Å². The van der Waals surface area contributed by atoms with Crippen LogP contribution in [-0.4, -0.2) is 17.3 Å². The van der Waals surface area contributed by atoms with E-state index in [-0.39, 0.29) is 12.9 Å². The van der Waals surface area contributed by atoms with Gasteiger partial charge in [-0.2, -0.15) is 13.2 Å². The maximum atomic E-state index is 12.2. The van der Waals surface area contributed by atoms with Crippen molar-refractivity contribution in [1.29, 1.82) is 0 Å². The van der Waals surface area contributed by atoms with Crippen molar-refractivity contribution in [3.8, 4) is 0 Å². The van der Waals surface area contributed by atoms with E-state index in [4.69, 9.17) is 5.11 Å². The molecule has 1 rings (SSSR count). The lowest BCUT2D eigenvalue weighted by Gasteiger charge is -2.09. The molecule has 92 valence electrons. The fraction of sp³-hybridized carbons (Fsp3) is 0.182. The van der Waals surface area contributed by atoms with E-state index in [0.29, 0.717) is 5.56 Å². The van der Waals surface area contributed by atoms with Gasteiger partial charge in [0.1, 0.15) is 6.61 Å². The summed E-state index contributed by atoms with van der Waals surface area (Å²) in [6.07, 6.45) is -5.23. The number of esters is 1. The van der Waals surface area contributed by atoms with Gasteiger partial charge < -0.3 is 9.84 Å². The van der Waals surface area contributed by atoms with Gasteiger partial charge in [0.05, 0.1) is 6.26 Å². The molecule has 1 aromatic carbocycles. The van der Waals surface area contributed by atoms with E-state index < -0.39 is 17.7 Å². The Balaban J connectivity index is 2.62. The molecule has 0 fully saturated rings. The van der Waals surface area contributed by atoms with E-state index in [1.54, 1.807) is 30.3 Å². The van der Waals surface area contributed by atoms with Gasteiger partial charge in [-0.1, -0.05) is 30.3 Å². The Labute approximate surface area is 95.1 Å². The van der Waals surface area contributed by atoms with Crippen molar-refractivity contribution < 1.29 is 27.8 Å². The van der Waals surface area contributed by atoms with Crippen LogP contribution in [0.25, 0.3) is 0 Å². The molecule has 0 saturated carbocycles. The lowest BCUT2D eigenvalue weighted by Crippen LogP contribution is -2.22. The molecule has 0 bridgehead atoms. The number of benzene rings is 1. The Morgan fingerprint density at radius 3 is 2.35 bits per heavy atom. The maximum absolute atomic E-state index is 12.2. The largest absolute Gasteiger partial charge is 0.515 e. The number of aliphatic hydroxyl groups is 1. The molecule has 0 aliphatic carbocycles. The number of halogens is 3. The third kappa shape index (κ3) is 3.82. The summed E-state index contributed by atoms with van der Waals surface area (Å²) >= 11 is 0. The summed E-state index contributed by atoms with van der Waals surface area (Å²) in [5.41, 5.74) is -1.17. The van der Waals surface area contributed by atoms with Crippen LogP contribution in [0.1, 0.15) is 5.56 Å². The van der Waals surface area contributed by atoms with E-state index in [2.05, 4.69) is 4.74 Å². The van der Waals surface area contributed by atoms with Crippen molar-refractivity contribution in [2.24, 2.45) is 0 Å². The van der Waals surface area contributed by atoms with Gasteiger partial charge in [0, 0.05) is 0 Å². The van der Waals surface area contributed by atoms with Gasteiger partial charge in [-0.05, 0) is 5.56 Å². The zero-order chi connectivity index (χ0) is 12.9. The van der Waals surface area contributed by atoms with Crippen LogP contribution in [0.3, 0.4) is 0 Å². The first-order chi connectivity index (χ1) is 7.95. The molecule has 0 aliphatic heterocycles. The second-order valence-corrected chi connectivity index (χ2v) is 3.10. The monoisotopic (exact) mass is 246 g/mol. The maximum Gasteiger partial charge on any atom is 0.426 e. The van der Waals surface area contributed by atoms with E-state index in [0.717, 1.165) is 0 Å². The van der Waals surface area contributed by atoms with E-state index in [1.165, 1.54) is 0 Å². The van der Waals surface area contributed by atoms with Gasteiger partial charge in [0.2, 0.25) is 0 Å². The Bertz CT molecular complexity index is 410. The molecule has 0 heterocycles. The highest BCUT2D eigenvalue weighted by atomic mass is 19.4. The number of ether oxygens (including phenoxy) is 1. The van der Waals surface area contributed by atoms with E-state index in [1.807, 2.05) is 0 Å². The molecule has 0 spiro atoms. The summed E-state index contributed by atoms with van der Waals surface area (Å²) in [6, 6.07) is 8.25. The lowest BCUT2D eigenvalue weighted by atomic mass is 10.2. The second-order valence-electron chi connectivity index (χ2n) is 3.10. The zero-order valence-corrected chi connectivity index (χ0v) is 8.57. The van der Waals surface area contributed by atoms with Crippen LogP contribution in [0.2, 0.25) is 0 Å². The third-order valence-electron chi connectivity index (χ3n) is 1.87. The summed E-state index contributed by atoms with van der Waals surface area (Å²) in [4.78, 5) is 11.0. The van der Waals surface area contributed by atoms with Crippen LogP contribution in [-0.2, 0) is 16.1 Å². The van der Waals surface area contributed by atoms with Gasteiger partial charge in [-0.3, -0.25) is 0 Å². The molecular weight excluding hydrogens is 237 g/mol. The van der Waals surface area contributed by atoms with Crippen LogP contribution >= 0.6 is 0 Å². The average molecular weight is 246 g/mol. The SMILES string of the molecule is O=C(OCc1ccccc1)/C(=C\O)C(F)(F)F. The van der Waals surface area contributed by atoms with E-state index >= 15 is 0 Å². The first-order valence-corrected chi connectivity index (χ1v) is 4.57. The number of hydrogen-bond acceptors (Lipinski definition) is 3. The molecular formula is C11H9F3O3. The molecule has 0 amide bonds. The van der Waals surface area contributed by atoms with Crippen molar-refractivity contribution >= 4 is 5.97 Å². The average Bonchev–Trinajstić information content (AvgIpc) is 2.27. The quantitative estimate of drug-likeness (QED) is 0.506. The molecule has 0 aliphatic rings. The highest BCUT2D eigenvalue weighted by molar-refractivity contribution is 5.89. The summed E-state index contributed by atoms with van der Waals surface area (Å²) in [7, 11) is 0. The van der Waals surface area contributed by atoms with Gasteiger partial charge in [-0.25, -0.2) is 4.79 Å². The Morgan fingerprint density at radius 2 is 1.88 bits per heavy atom. The lowest BCUT2D eigenvalue weighted by molar-refractivity contribution is -0.152. The second kappa shape index (κ2) is 5.38. The summed E-state index contributed by atoms with van der Waals surface area (Å²) in [5.74, 6) is -1.61. The van der Waals surface area contributed by atoms with Crippen LogP contribution in [0.15, 0.2) is 42.2 Å². The van der Waals surface area contributed by atoms with Crippen molar-refractivity contribution in [1.82, 2.24) is 0 Å². The molecule has 0 radical (unpaired) electrons. The number of aliphatic hydroxyl groups excluding tert-OH is 1. The topological polar surface area (TPSA) is 46.5 Å². The molecule has 0 atom stereocenters. The highest BCUT2D eigenvalue weighted by Crippen LogP contribution is 2.26. The highest BCUT2D eigenvalue weighted by Gasteiger charge is 2.40. The minimum atomic E-state index is -4.93. The van der Waals surface area contributed by atoms with Crippen molar-refractivity contribution in [2.75, 3.05) is 0 Å². The molecule has 1 N–H and O–H groups in total. The van der Waals surface area contributed by atoms with Crippen LogP contribution in [0.5, 0.6) is 0 Å². The summed E-state index contributed by atoms with van der Waals surface area (Å²) in [6.45, 7) is -0.285. The molecule has 1 aromatic rings. The zero-order valence-electron chi connectivity index (χ0n) is 8.57. The number of carbonyl (C=O) groups excluding carboxylic acids is 1. The minimum Gasteiger partial charge on any atom is -0.515 e. The predicted molar refractivity (Wildman–Crippen MR) is 53.0 cm³/mol. The minimum absolute atomic E-state index is 0.285. The normalized spacial score (nSPS) is 12.3. The number of carbonyl (C=O) groups is 1. The fourth-order valence-electron chi connectivity index (χ4n) is 1.04. The Morgan fingerprint density at radius 1 is 1.29 bits per heavy atom. The molecule has 6 heteroatoms. The molecule has 0 saturated heterocycles. The van der Waals surface area contributed by atoms with Crippen LogP contribution in [0.4, 0.5) is 13.2 Å². The number of alkyl halides is 3. The third-order valence-corrected chi connectivity index (χ3v) is 1.87. The predicted octanol–water partition coefficient (Wildman–Crippen LogP) is 2.73. The summed E-state index contributed by atoms with van der Waals surface area (Å²) < 4.78 is 40.9. The van der Waals surface area contributed by atoms with Gasteiger partial charge >= 0.3 is 12.1 Å². The van der Waals surface area contributed by atoms with Gasteiger partial charge in [-0.15, -0.1) is 0 Å². The molecule has 3 nitrogen and oxygen atoms in total. The first-order valence-electron chi connectivity index (χ1n) is 4.57. The Hall–Kier alpha value is -1.98. The number of rotatable bonds is 3. The molecule has 0 unspecified atom stereocenters. The molecule has 17 heavy (non-hydrogen) atoms. The standard InChI is InChI=1S/C11H9F3O3/c12-11(13,14)9(6-15)10(16)17-7-8-4-2-1-3-5-8/h1-6,15H,7H2/b9-6+. The van der Waals surface area contributed by atoms with E-state index in [9.17, 15) is 18.0 Å².